The Morgan fingerprint density at radius 3 is 1.65 bits per heavy atom. The number of hydrogen-bond donors (Lipinski definition) is 19. The van der Waals surface area contributed by atoms with Gasteiger partial charge in [-0.25, -0.2) is 4.79 Å². The van der Waals surface area contributed by atoms with Gasteiger partial charge in [0.1, 0.15) is 128 Å². The number of esters is 3. The molecule has 19 N–H and O–H groups in total. The van der Waals surface area contributed by atoms with E-state index in [1.807, 2.05) is 33.8 Å². The minimum atomic E-state index is -2.40. The van der Waals surface area contributed by atoms with Gasteiger partial charge < -0.3 is 187 Å². The molecule has 708 valence electrons. The molecule has 42 heteroatoms. The lowest BCUT2D eigenvalue weighted by molar-refractivity contribution is -0.398. The van der Waals surface area contributed by atoms with E-state index in [0.29, 0.717) is 24.0 Å². The topological polar surface area (TPSA) is 628 Å². The number of fused-ring (bicyclic) bond motifs is 7. The zero-order valence-corrected chi connectivity index (χ0v) is 71.3. The molecule has 13 rings (SSSR count). The number of ether oxygens (including phenoxy) is 19. The first-order valence-corrected chi connectivity index (χ1v) is 42.3. The molecule has 42 nitrogen and oxygen atoms in total. The lowest BCUT2D eigenvalue weighted by Gasteiger charge is -2.71. The molecule has 11 fully saturated rings. The second kappa shape index (κ2) is 37.4. The fourth-order valence-corrected chi connectivity index (χ4v) is 22.1. The molecular weight excluding hydrogens is 1670 g/mol. The Morgan fingerprint density at radius 2 is 1.07 bits per heavy atom. The molecule has 0 radical (unpaired) electrons. The molecular formula is C83H124O42. The van der Waals surface area contributed by atoms with Gasteiger partial charge in [0.15, 0.2) is 61.4 Å². The Bertz CT molecular complexity index is 3980. The van der Waals surface area contributed by atoms with Crippen LogP contribution in [0, 0.1) is 50.2 Å². The molecule has 7 aliphatic heterocycles. The van der Waals surface area contributed by atoms with Crippen molar-refractivity contribution in [1.82, 2.24) is 0 Å². The number of carbonyl (C=O) groups excluding carboxylic acids is 3. The van der Waals surface area contributed by atoms with Gasteiger partial charge in [-0.3, -0.25) is 14.4 Å². The molecule has 0 spiro atoms. The van der Waals surface area contributed by atoms with Crippen LogP contribution in [0.4, 0.5) is 0 Å². The van der Waals surface area contributed by atoms with Gasteiger partial charge in [0.2, 0.25) is 12.0 Å². The number of aliphatic carboxylic acids is 1. The van der Waals surface area contributed by atoms with Crippen LogP contribution >= 0.6 is 0 Å². The molecule has 1 aromatic rings. The van der Waals surface area contributed by atoms with Crippen molar-refractivity contribution < 1.29 is 206 Å². The highest BCUT2D eigenvalue weighted by Gasteiger charge is 2.75. The highest BCUT2D eigenvalue weighted by Crippen LogP contribution is 2.76. The summed E-state index contributed by atoms with van der Waals surface area (Å²) in [5.41, 5.74) is -10.8. The molecule has 1 aromatic carbocycles. The summed E-state index contributed by atoms with van der Waals surface area (Å²) in [6.45, 7) is 6.98. The molecule has 0 amide bonds. The third-order valence-corrected chi connectivity index (χ3v) is 29.4. The van der Waals surface area contributed by atoms with Crippen LogP contribution in [0.2, 0.25) is 0 Å². The number of hydrogen-bond acceptors (Lipinski definition) is 41. The highest BCUT2D eigenvalue weighted by molar-refractivity contribution is 5.87. The molecule has 40 unspecified atom stereocenters. The molecule has 0 aromatic heterocycles. The van der Waals surface area contributed by atoms with Crippen LogP contribution in [0.15, 0.2) is 29.9 Å². The van der Waals surface area contributed by atoms with E-state index < -0.39 is 323 Å². The van der Waals surface area contributed by atoms with Crippen molar-refractivity contribution in [3.8, 4) is 17.2 Å². The first kappa shape index (κ1) is 97.3. The van der Waals surface area contributed by atoms with Crippen LogP contribution in [-0.4, -0.2) is 391 Å². The molecule has 12 aliphatic rings. The number of methoxy groups -OCH3 is 3. The SMILES string of the molecule is COc1cc(C=CC(=O)OC2C(C)OC(OC(=O)C34CCC(C)(C)CC3C3=CCC5C6(C)CC(O)C(OC7OC(CO)C(O)C(O)C7O)C(C)(C(=O)O)C6CCC5(C)C3(CO)CC4)C(OC3OC(C)C(OC4OCC(O)C(OC5OCC(O)(CO)C5O)C4O)C(OC4OCC(O)(CO)C4O)C3O)C2OC2OC(COC(C)=O)C(O)C(O)C2O)cc(OC)c1OC. The second-order valence-electron chi connectivity index (χ2n) is 37.3. The third kappa shape index (κ3) is 17.4. The van der Waals surface area contributed by atoms with Crippen molar-refractivity contribution in [3.05, 3.63) is 35.4 Å². The number of carboxylic acid groups (broad SMARTS) is 1. The van der Waals surface area contributed by atoms with Gasteiger partial charge >= 0.3 is 23.9 Å². The van der Waals surface area contributed by atoms with Crippen LogP contribution in [0.25, 0.3) is 6.08 Å². The second-order valence-corrected chi connectivity index (χ2v) is 37.3. The van der Waals surface area contributed by atoms with Gasteiger partial charge in [-0.1, -0.05) is 39.3 Å². The normalized spacial score (nSPS) is 47.8. The molecule has 7 saturated heterocycles. The largest absolute Gasteiger partial charge is 0.493 e. The Balaban J connectivity index is 0.884. The van der Waals surface area contributed by atoms with Crippen LogP contribution < -0.4 is 14.2 Å². The molecule has 0 bridgehead atoms. The quantitative estimate of drug-likeness (QED) is 0.0129. The van der Waals surface area contributed by atoms with Crippen LogP contribution in [0.5, 0.6) is 17.2 Å². The summed E-state index contributed by atoms with van der Waals surface area (Å²) < 4.78 is 116. The lowest BCUT2D eigenvalue weighted by atomic mass is 9.33. The first-order valence-electron chi connectivity index (χ1n) is 42.3. The Kier molecular flexibility index (Phi) is 29.1. The summed E-state index contributed by atoms with van der Waals surface area (Å²) in [6.07, 6.45) is -51.6. The van der Waals surface area contributed by atoms with Crippen LogP contribution in [0.1, 0.15) is 119 Å². The average Bonchev–Trinajstić information content (AvgIpc) is 0.981. The fraction of sp³-hybridized carbons (Fsp3) is 0.831. The smallest absolute Gasteiger partial charge is 0.331 e. The maximum atomic E-state index is 16.8. The zero-order valence-electron chi connectivity index (χ0n) is 71.3. The van der Waals surface area contributed by atoms with Gasteiger partial charge in [-0.15, -0.1) is 0 Å². The highest BCUT2D eigenvalue weighted by atomic mass is 16.8. The number of carboxylic acids is 1. The zero-order chi connectivity index (χ0) is 91.2. The van der Waals surface area contributed by atoms with E-state index in [1.165, 1.54) is 60.3 Å². The van der Waals surface area contributed by atoms with E-state index >= 15 is 4.79 Å². The summed E-state index contributed by atoms with van der Waals surface area (Å²) in [7, 11) is 4.11. The summed E-state index contributed by atoms with van der Waals surface area (Å²) in [5.74, 6) is -5.81. The van der Waals surface area contributed by atoms with E-state index in [0.717, 1.165) is 13.0 Å². The fourth-order valence-electron chi connectivity index (χ4n) is 22.1. The van der Waals surface area contributed by atoms with Crippen LogP contribution in [0.3, 0.4) is 0 Å². The third-order valence-electron chi connectivity index (χ3n) is 29.4. The van der Waals surface area contributed by atoms with Gasteiger partial charge in [0.05, 0.1) is 96.7 Å². The van der Waals surface area contributed by atoms with Gasteiger partial charge in [0, 0.05) is 18.4 Å². The Hall–Kier alpha value is -5.26. The summed E-state index contributed by atoms with van der Waals surface area (Å²) in [4.78, 5) is 58.1. The predicted molar refractivity (Wildman–Crippen MR) is 413 cm³/mol. The van der Waals surface area contributed by atoms with Crippen molar-refractivity contribution in [2.75, 3.05) is 74.2 Å². The molecule has 125 heavy (non-hydrogen) atoms. The Labute approximate surface area is 719 Å². The van der Waals surface area contributed by atoms with Crippen molar-refractivity contribution in [1.29, 1.82) is 0 Å². The Morgan fingerprint density at radius 1 is 0.528 bits per heavy atom. The number of benzene rings is 1. The maximum absolute atomic E-state index is 16.8. The van der Waals surface area contributed by atoms with Crippen molar-refractivity contribution in [2.24, 2.45) is 50.2 Å². The predicted octanol–water partition coefficient (Wildman–Crippen LogP) is -4.72. The lowest BCUT2D eigenvalue weighted by Crippen LogP contribution is -2.71. The monoisotopic (exact) mass is 1790 g/mol. The van der Waals surface area contributed by atoms with Crippen LogP contribution in [-0.2, 0) is 95.0 Å². The summed E-state index contributed by atoms with van der Waals surface area (Å²) >= 11 is 0. The van der Waals surface area contributed by atoms with E-state index in [2.05, 4.69) is 0 Å². The number of aliphatic hydroxyl groups excluding tert-OH is 16. The van der Waals surface area contributed by atoms with E-state index in [1.54, 1.807) is 0 Å². The minimum Gasteiger partial charge on any atom is -0.493 e. The summed E-state index contributed by atoms with van der Waals surface area (Å²) in [6, 6.07) is 3.01. The standard InChI is InChI=1S/C83H124O42/c1-34-57(119-67-55(98)59(41(90)27-111-67)120-72-64(100)82(105,30-86)32-112-72)61(121-73-65(101)83(106,31-87)33-113-73)56(99)70(114-34)123-63-62(122-68-53(96)52(95)50(93)45(117-68)28-110-36(3)88)58(118-48(91)15-12-37-22-42(107-9)60(109-11)43(23-37)108-10)35(2)115-71(63)125-75(104)80-19-18-76(4,5)24-39(80)38-13-14-46-77(6)25-40(89)66(124-69-54(97)51(94)49(92)44(26-84)116-69)79(8,74(102)103)47(77)16-17-78(46,7)81(38,29-85)21-20-80/h12-13,15,22-23,34-35,39-41,44-47,49-59,61-73,84-87,89-90,92-101,105-106H,14,16-21,24-33H2,1-11H3,(H,102,103). The molecule has 4 saturated carbocycles. The van der Waals surface area contributed by atoms with E-state index in [9.17, 15) is 111 Å². The van der Waals surface area contributed by atoms with Crippen molar-refractivity contribution in [3.63, 3.8) is 0 Å². The molecule has 40 atom stereocenters. The van der Waals surface area contributed by atoms with E-state index in [-0.39, 0.29) is 62.2 Å². The maximum Gasteiger partial charge on any atom is 0.331 e. The molecule has 5 aliphatic carbocycles. The van der Waals surface area contributed by atoms with E-state index in [4.69, 9.17) is 90.0 Å². The number of allylic oxidation sites excluding steroid dienone is 1. The van der Waals surface area contributed by atoms with Gasteiger partial charge in [0.25, 0.3) is 0 Å². The van der Waals surface area contributed by atoms with Gasteiger partial charge in [-0.2, -0.15) is 0 Å². The van der Waals surface area contributed by atoms with Crippen molar-refractivity contribution >= 4 is 30.0 Å². The first-order chi connectivity index (χ1) is 58.9. The summed E-state index contributed by atoms with van der Waals surface area (Å²) in [5, 5.41) is 216. The number of carbonyl (C=O) groups is 4. The average molecular weight is 1790 g/mol. The minimum absolute atomic E-state index is 0.00676. The number of rotatable bonds is 27. The number of aliphatic hydroxyl groups is 18. The van der Waals surface area contributed by atoms with Crippen molar-refractivity contribution in [2.45, 2.75) is 309 Å². The molecule has 7 heterocycles. The van der Waals surface area contributed by atoms with Gasteiger partial charge in [-0.05, 0) is 136 Å².